The first-order valence-electron chi connectivity index (χ1n) is 6.04. The molecule has 0 amide bonds. The SMILES string of the molecule is C=C=N/C1=C(\C=C/C)CN=c2ncccc2=NC(=C)O1. The van der Waals surface area contributed by atoms with Crippen LogP contribution in [0, 0.1) is 0 Å². The Labute approximate surface area is 116 Å². The third-order valence-electron chi connectivity index (χ3n) is 2.45. The number of hydrogen-bond donors (Lipinski definition) is 0. The molecule has 0 aromatic carbocycles. The fourth-order valence-electron chi connectivity index (χ4n) is 1.65. The summed E-state index contributed by atoms with van der Waals surface area (Å²) in [5.41, 5.74) is 1.32. The van der Waals surface area contributed by atoms with E-state index in [4.69, 9.17) is 4.74 Å². The van der Waals surface area contributed by atoms with Gasteiger partial charge in [0.15, 0.2) is 5.49 Å². The molecule has 5 nitrogen and oxygen atoms in total. The van der Waals surface area contributed by atoms with Gasteiger partial charge < -0.3 is 4.74 Å². The molecule has 100 valence electrons. The molecule has 1 aromatic heterocycles. The highest BCUT2D eigenvalue weighted by Crippen LogP contribution is 2.14. The Kier molecular flexibility index (Phi) is 4.37. The van der Waals surface area contributed by atoms with Crippen molar-refractivity contribution >= 4 is 5.87 Å². The van der Waals surface area contributed by atoms with Gasteiger partial charge in [-0.3, -0.25) is 4.99 Å². The van der Waals surface area contributed by atoms with Gasteiger partial charge >= 0.3 is 0 Å². The van der Waals surface area contributed by atoms with Crippen molar-refractivity contribution in [2.45, 2.75) is 6.92 Å². The number of rotatable bonds is 2. The average molecular weight is 266 g/mol. The minimum atomic E-state index is 0.215. The van der Waals surface area contributed by atoms with E-state index in [1.54, 1.807) is 18.3 Å². The standard InChI is InChI=1S/C15H14N4O/c1-4-7-12-10-18-14-13(8-6-9-17-14)19-11(3)20-15(12)16-5-2/h4,6-9H,2-3,10H2,1H3/b7-4-,15-12-,18-14?,19-13?. The van der Waals surface area contributed by atoms with Gasteiger partial charge in [-0.25, -0.2) is 9.98 Å². The van der Waals surface area contributed by atoms with Crippen molar-refractivity contribution in [1.82, 2.24) is 4.98 Å². The van der Waals surface area contributed by atoms with Gasteiger partial charge in [0.2, 0.25) is 11.8 Å². The Hall–Kier alpha value is -2.78. The molecule has 2 rings (SSSR count). The van der Waals surface area contributed by atoms with Crippen LogP contribution in [0.1, 0.15) is 6.92 Å². The van der Waals surface area contributed by atoms with E-state index in [-0.39, 0.29) is 5.88 Å². The Morgan fingerprint density at radius 2 is 2.35 bits per heavy atom. The molecule has 0 saturated carbocycles. The first kappa shape index (κ1) is 13.6. The number of allylic oxidation sites excluding steroid dienone is 1. The molecule has 0 radical (unpaired) electrons. The fraction of sp³-hybridized carbons (Fsp3) is 0.133. The lowest BCUT2D eigenvalue weighted by molar-refractivity contribution is 0.295. The summed E-state index contributed by atoms with van der Waals surface area (Å²) in [7, 11) is 0. The van der Waals surface area contributed by atoms with E-state index in [0.29, 0.717) is 23.3 Å². The van der Waals surface area contributed by atoms with Crippen molar-refractivity contribution in [1.29, 1.82) is 0 Å². The van der Waals surface area contributed by atoms with E-state index < -0.39 is 0 Å². The van der Waals surface area contributed by atoms with E-state index in [1.165, 1.54) is 0 Å². The average Bonchev–Trinajstić information content (AvgIpc) is 2.49. The highest BCUT2D eigenvalue weighted by atomic mass is 16.5. The lowest BCUT2D eigenvalue weighted by Crippen LogP contribution is -2.28. The molecule has 2 heterocycles. The highest BCUT2D eigenvalue weighted by molar-refractivity contribution is 5.49. The largest absolute Gasteiger partial charge is 0.420 e. The van der Waals surface area contributed by atoms with Gasteiger partial charge in [0.25, 0.3) is 0 Å². The number of pyridine rings is 1. The van der Waals surface area contributed by atoms with Gasteiger partial charge in [0, 0.05) is 11.8 Å². The second-order valence-electron chi connectivity index (χ2n) is 3.87. The van der Waals surface area contributed by atoms with Crippen molar-refractivity contribution in [2.75, 3.05) is 6.54 Å². The van der Waals surface area contributed by atoms with Crippen LogP contribution < -0.4 is 10.8 Å². The second-order valence-corrected chi connectivity index (χ2v) is 3.87. The molecule has 1 aromatic rings. The molecular weight excluding hydrogens is 252 g/mol. The molecule has 20 heavy (non-hydrogen) atoms. The van der Waals surface area contributed by atoms with E-state index in [1.807, 2.05) is 19.1 Å². The molecule has 0 unspecified atom stereocenters. The van der Waals surface area contributed by atoms with Gasteiger partial charge in [-0.05, 0) is 38.1 Å². The van der Waals surface area contributed by atoms with Crippen molar-refractivity contribution in [3.63, 3.8) is 0 Å². The molecular formula is C15H14N4O. The van der Waals surface area contributed by atoms with E-state index >= 15 is 0 Å². The topological polar surface area (TPSA) is 59.2 Å². The second kappa shape index (κ2) is 6.41. The molecule has 0 saturated heterocycles. The zero-order valence-corrected chi connectivity index (χ0v) is 11.2. The summed E-state index contributed by atoms with van der Waals surface area (Å²) in [5.74, 6) is 3.01. The summed E-state index contributed by atoms with van der Waals surface area (Å²) in [5, 5.41) is 0.612. The Balaban J connectivity index is 2.64. The summed E-state index contributed by atoms with van der Waals surface area (Å²) in [6.07, 6.45) is 5.41. The van der Waals surface area contributed by atoms with Crippen LogP contribution in [0.2, 0.25) is 0 Å². The zero-order valence-electron chi connectivity index (χ0n) is 11.2. The van der Waals surface area contributed by atoms with E-state index in [0.717, 1.165) is 5.57 Å². The Morgan fingerprint density at radius 1 is 1.50 bits per heavy atom. The number of nitrogens with zero attached hydrogens (tertiary/aromatic N) is 4. The van der Waals surface area contributed by atoms with Crippen LogP contribution in [0.4, 0.5) is 0 Å². The third kappa shape index (κ3) is 3.16. The molecule has 0 bridgehead atoms. The maximum absolute atomic E-state index is 5.54. The van der Waals surface area contributed by atoms with Crippen LogP contribution >= 0.6 is 0 Å². The Morgan fingerprint density at radius 3 is 3.10 bits per heavy atom. The number of aliphatic imine (C=N–C) groups is 1. The van der Waals surface area contributed by atoms with Crippen LogP contribution in [-0.2, 0) is 4.74 Å². The number of ether oxygens (including phenoxy) is 1. The summed E-state index contributed by atoms with van der Waals surface area (Å²) in [6.45, 7) is 9.49. The summed E-state index contributed by atoms with van der Waals surface area (Å²) in [6, 6.07) is 3.59. The molecule has 0 atom stereocenters. The van der Waals surface area contributed by atoms with E-state index in [2.05, 4.69) is 39.0 Å². The van der Waals surface area contributed by atoms with Crippen LogP contribution in [-0.4, -0.2) is 17.4 Å². The first-order chi connectivity index (χ1) is 9.74. The first-order valence-corrected chi connectivity index (χ1v) is 6.04. The predicted octanol–water partition coefficient (Wildman–Crippen LogP) is 1.47. The maximum Gasteiger partial charge on any atom is 0.234 e. The van der Waals surface area contributed by atoms with Crippen LogP contribution in [0.15, 0.2) is 76.0 Å². The van der Waals surface area contributed by atoms with Crippen LogP contribution in [0.5, 0.6) is 0 Å². The molecule has 1 aliphatic heterocycles. The predicted molar refractivity (Wildman–Crippen MR) is 76.5 cm³/mol. The van der Waals surface area contributed by atoms with Gasteiger partial charge in [-0.2, -0.15) is 4.99 Å². The summed E-state index contributed by atoms with van der Waals surface area (Å²) < 4.78 is 5.54. The molecule has 0 aliphatic carbocycles. The number of fused-ring (bicyclic) bond motifs is 1. The number of hydrogen-bond acceptors (Lipinski definition) is 5. The lowest BCUT2D eigenvalue weighted by atomic mass is 10.2. The summed E-state index contributed by atoms with van der Waals surface area (Å²) in [4.78, 5) is 16.9. The van der Waals surface area contributed by atoms with E-state index in [9.17, 15) is 0 Å². The van der Waals surface area contributed by atoms with Gasteiger partial charge in [-0.1, -0.05) is 12.2 Å². The quantitative estimate of drug-likeness (QED) is 0.761. The normalized spacial score (nSPS) is 18.6. The zero-order chi connectivity index (χ0) is 14.4. The smallest absolute Gasteiger partial charge is 0.234 e. The van der Waals surface area contributed by atoms with Gasteiger partial charge in [0.1, 0.15) is 5.36 Å². The van der Waals surface area contributed by atoms with Gasteiger partial charge in [-0.15, -0.1) is 0 Å². The molecule has 1 aliphatic rings. The van der Waals surface area contributed by atoms with Crippen LogP contribution in [0.3, 0.4) is 0 Å². The molecule has 5 heteroatoms. The van der Waals surface area contributed by atoms with Crippen molar-refractivity contribution in [3.05, 3.63) is 71.8 Å². The summed E-state index contributed by atoms with van der Waals surface area (Å²) >= 11 is 0. The third-order valence-corrected chi connectivity index (χ3v) is 2.45. The monoisotopic (exact) mass is 266 g/mol. The fourth-order valence-corrected chi connectivity index (χ4v) is 1.65. The minimum Gasteiger partial charge on any atom is -0.420 e. The van der Waals surface area contributed by atoms with Crippen molar-refractivity contribution < 1.29 is 4.74 Å². The van der Waals surface area contributed by atoms with Crippen molar-refractivity contribution in [2.24, 2.45) is 15.0 Å². The highest BCUT2D eigenvalue weighted by Gasteiger charge is 2.08. The molecule has 0 spiro atoms. The Bertz CT molecular complexity index is 752. The number of aromatic nitrogens is 1. The minimum absolute atomic E-state index is 0.215. The molecule has 0 N–H and O–H groups in total. The van der Waals surface area contributed by atoms with Crippen molar-refractivity contribution in [3.8, 4) is 0 Å². The molecule has 0 fully saturated rings. The maximum atomic E-state index is 5.54. The van der Waals surface area contributed by atoms with Gasteiger partial charge in [0.05, 0.1) is 6.54 Å². The lowest BCUT2D eigenvalue weighted by Gasteiger charge is -2.06. The van der Waals surface area contributed by atoms with Crippen LogP contribution in [0.25, 0.3) is 0 Å².